The minimum atomic E-state index is -0.760. The molecule has 1 aliphatic heterocycles. The van der Waals surface area contributed by atoms with Crippen molar-refractivity contribution in [3.8, 4) is 0 Å². The second-order valence-corrected chi connectivity index (χ2v) is 7.01. The van der Waals surface area contributed by atoms with Gasteiger partial charge in [0.1, 0.15) is 0 Å². The molecule has 1 amide bonds. The van der Waals surface area contributed by atoms with E-state index in [9.17, 15) is 19.5 Å². The second-order valence-electron chi connectivity index (χ2n) is 7.01. The van der Waals surface area contributed by atoms with Crippen LogP contribution in [-0.4, -0.2) is 48.1 Å². The second kappa shape index (κ2) is 6.86. The van der Waals surface area contributed by atoms with Crippen molar-refractivity contribution >= 4 is 17.8 Å². The van der Waals surface area contributed by atoms with Gasteiger partial charge < -0.3 is 14.7 Å². The lowest BCUT2D eigenvalue weighted by Gasteiger charge is -2.23. The lowest BCUT2D eigenvalue weighted by atomic mass is 9.81. The van der Waals surface area contributed by atoms with Gasteiger partial charge in [-0.25, -0.2) is 4.79 Å². The van der Waals surface area contributed by atoms with Crippen LogP contribution in [0.15, 0.2) is 24.3 Å². The number of nitrogens with zero attached hydrogens (tertiary/aromatic N) is 1. The summed E-state index contributed by atoms with van der Waals surface area (Å²) in [5.74, 6) is -1.05. The molecule has 0 aromatic heterocycles. The fraction of sp³-hybridized carbons (Fsp3) is 0.526. The summed E-state index contributed by atoms with van der Waals surface area (Å²) >= 11 is 0. The summed E-state index contributed by atoms with van der Waals surface area (Å²) in [7, 11) is 1.34. The van der Waals surface area contributed by atoms with Gasteiger partial charge in [0.15, 0.2) is 0 Å². The highest BCUT2D eigenvalue weighted by molar-refractivity contribution is 5.89. The van der Waals surface area contributed by atoms with Crippen LogP contribution in [0.4, 0.5) is 0 Å². The molecule has 6 heteroatoms. The molecule has 0 unspecified atom stereocenters. The number of carbonyl (C=O) groups is 3. The zero-order valence-electron chi connectivity index (χ0n) is 14.4. The average Bonchev–Trinajstić information content (AvgIpc) is 3.18. The Balaban J connectivity index is 1.57. The normalized spacial score (nSPS) is 24.8. The first-order valence-electron chi connectivity index (χ1n) is 8.65. The number of rotatable bonds is 5. The Hall–Kier alpha value is -2.37. The average molecular weight is 345 g/mol. The maximum atomic E-state index is 12.5. The summed E-state index contributed by atoms with van der Waals surface area (Å²) in [4.78, 5) is 37.3. The number of carbonyl (C=O) groups excluding carboxylic acids is 2. The van der Waals surface area contributed by atoms with E-state index in [2.05, 4.69) is 4.74 Å². The third-order valence-electron chi connectivity index (χ3n) is 5.65. The summed E-state index contributed by atoms with van der Waals surface area (Å²) in [6, 6.07) is 7.00. The van der Waals surface area contributed by atoms with Crippen LogP contribution >= 0.6 is 0 Å². The maximum Gasteiger partial charge on any atom is 0.337 e. The van der Waals surface area contributed by atoms with Gasteiger partial charge in [-0.15, -0.1) is 0 Å². The first-order chi connectivity index (χ1) is 12.0. The van der Waals surface area contributed by atoms with E-state index >= 15 is 0 Å². The van der Waals surface area contributed by atoms with Gasteiger partial charge in [0.05, 0.1) is 18.1 Å². The standard InChI is InChI=1S/C19H23NO5/c1-25-17(22)14-7-4-13(5-8-14)6-9-16(21)20-11-15-3-2-10-19(15,12-20)18(23)24/h4-5,7-8,15H,2-3,6,9-12H2,1H3,(H,23,24)/t15-,19+/m0/s1. The van der Waals surface area contributed by atoms with Gasteiger partial charge in [0, 0.05) is 19.5 Å². The molecular weight excluding hydrogens is 322 g/mol. The molecule has 2 aliphatic rings. The van der Waals surface area contributed by atoms with E-state index in [0.29, 0.717) is 37.9 Å². The Kier molecular flexibility index (Phi) is 4.79. The SMILES string of the molecule is COC(=O)c1ccc(CCC(=O)N2C[C@@H]3CCC[C@@]3(C(=O)O)C2)cc1. The number of carboxylic acids is 1. The van der Waals surface area contributed by atoms with E-state index < -0.39 is 11.4 Å². The number of fused-ring (bicyclic) bond motifs is 1. The Labute approximate surface area is 146 Å². The molecule has 1 aromatic rings. The molecular formula is C19H23NO5. The molecule has 1 heterocycles. The van der Waals surface area contributed by atoms with Gasteiger partial charge >= 0.3 is 11.9 Å². The number of ether oxygens (including phenoxy) is 1. The lowest BCUT2D eigenvalue weighted by molar-refractivity contribution is -0.149. The summed E-state index contributed by atoms with van der Waals surface area (Å²) in [5, 5.41) is 9.60. The van der Waals surface area contributed by atoms with Crippen LogP contribution in [0.2, 0.25) is 0 Å². The monoisotopic (exact) mass is 345 g/mol. The highest BCUT2D eigenvalue weighted by Gasteiger charge is 2.55. The molecule has 1 aromatic carbocycles. The van der Waals surface area contributed by atoms with Crippen molar-refractivity contribution in [1.29, 1.82) is 0 Å². The van der Waals surface area contributed by atoms with E-state index in [1.807, 2.05) is 12.1 Å². The summed E-state index contributed by atoms with van der Waals surface area (Å²) in [5.41, 5.74) is 0.722. The van der Waals surface area contributed by atoms with Crippen LogP contribution in [0.25, 0.3) is 0 Å². The highest BCUT2D eigenvalue weighted by Crippen LogP contribution is 2.48. The fourth-order valence-corrected chi connectivity index (χ4v) is 4.16. The molecule has 1 aliphatic carbocycles. The zero-order chi connectivity index (χ0) is 18.0. The van der Waals surface area contributed by atoms with Crippen LogP contribution in [0.3, 0.4) is 0 Å². The van der Waals surface area contributed by atoms with Crippen molar-refractivity contribution < 1.29 is 24.2 Å². The summed E-state index contributed by atoms with van der Waals surface area (Å²) in [6.45, 7) is 0.902. The number of methoxy groups -OCH3 is 1. The Bertz CT molecular complexity index is 684. The molecule has 2 fully saturated rings. The summed E-state index contributed by atoms with van der Waals surface area (Å²) in [6.07, 6.45) is 3.42. The van der Waals surface area contributed by atoms with Crippen LogP contribution in [0.1, 0.15) is 41.6 Å². The number of benzene rings is 1. The number of hydrogen-bond donors (Lipinski definition) is 1. The third kappa shape index (κ3) is 3.25. The topological polar surface area (TPSA) is 83.9 Å². The van der Waals surface area contributed by atoms with Crippen LogP contribution in [-0.2, 0) is 20.7 Å². The van der Waals surface area contributed by atoms with Crippen molar-refractivity contribution in [2.75, 3.05) is 20.2 Å². The molecule has 1 N–H and O–H groups in total. The van der Waals surface area contributed by atoms with E-state index in [1.54, 1.807) is 17.0 Å². The van der Waals surface area contributed by atoms with Gasteiger partial charge in [-0.3, -0.25) is 9.59 Å². The number of aliphatic carboxylic acids is 1. The minimum Gasteiger partial charge on any atom is -0.481 e. The smallest absolute Gasteiger partial charge is 0.337 e. The number of aryl methyl sites for hydroxylation is 1. The first kappa shape index (κ1) is 17.5. The Morgan fingerprint density at radius 3 is 2.60 bits per heavy atom. The van der Waals surface area contributed by atoms with Crippen molar-refractivity contribution in [2.24, 2.45) is 11.3 Å². The molecule has 134 valence electrons. The number of carboxylic acid groups (broad SMARTS) is 1. The molecule has 0 radical (unpaired) electrons. The van der Waals surface area contributed by atoms with Gasteiger partial charge in [0.25, 0.3) is 0 Å². The fourth-order valence-electron chi connectivity index (χ4n) is 4.16. The van der Waals surface area contributed by atoms with Gasteiger partial charge in [0.2, 0.25) is 5.91 Å². The van der Waals surface area contributed by atoms with Crippen molar-refractivity contribution in [3.63, 3.8) is 0 Å². The van der Waals surface area contributed by atoms with E-state index in [4.69, 9.17) is 0 Å². The third-order valence-corrected chi connectivity index (χ3v) is 5.65. The molecule has 3 rings (SSSR count). The number of hydrogen-bond acceptors (Lipinski definition) is 4. The highest BCUT2D eigenvalue weighted by atomic mass is 16.5. The Morgan fingerprint density at radius 1 is 1.28 bits per heavy atom. The van der Waals surface area contributed by atoms with Gasteiger partial charge in [-0.1, -0.05) is 18.6 Å². The largest absolute Gasteiger partial charge is 0.481 e. The summed E-state index contributed by atoms with van der Waals surface area (Å²) < 4.78 is 4.66. The molecule has 2 atom stereocenters. The molecule has 1 saturated carbocycles. The predicted octanol–water partition coefficient (Wildman–Crippen LogP) is 2.12. The number of esters is 1. The molecule has 0 bridgehead atoms. The first-order valence-corrected chi connectivity index (χ1v) is 8.65. The number of amides is 1. The maximum absolute atomic E-state index is 12.5. The zero-order valence-corrected chi connectivity index (χ0v) is 14.4. The Morgan fingerprint density at radius 2 is 2.00 bits per heavy atom. The van der Waals surface area contributed by atoms with Crippen molar-refractivity contribution in [1.82, 2.24) is 4.90 Å². The number of likely N-dealkylation sites (tertiary alicyclic amines) is 1. The molecule has 6 nitrogen and oxygen atoms in total. The molecule has 0 spiro atoms. The quantitative estimate of drug-likeness (QED) is 0.827. The lowest BCUT2D eigenvalue weighted by Crippen LogP contribution is -2.37. The van der Waals surface area contributed by atoms with Crippen LogP contribution < -0.4 is 0 Å². The molecule has 1 saturated heterocycles. The van der Waals surface area contributed by atoms with Crippen molar-refractivity contribution in [3.05, 3.63) is 35.4 Å². The minimum absolute atomic E-state index is 0.00655. The predicted molar refractivity (Wildman–Crippen MR) is 90.1 cm³/mol. The van der Waals surface area contributed by atoms with E-state index in [1.165, 1.54) is 7.11 Å². The van der Waals surface area contributed by atoms with Crippen LogP contribution in [0, 0.1) is 11.3 Å². The van der Waals surface area contributed by atoms with Crippen LogP contribution in [0.5, 0.6) is 0 Å². The molecule has 25 heavy (non-hydrogen) atoms. The van der Waals surface area contributed by atoms with Gasteiger partial charge in [-0.05, 0) is 42.9 Å². The van der Waals surface area contributed by atoms with Gasteiger partial charge in [-0.2, -0.15) is 0 Å². The van der Waals surface area contributed by atoms with E-state index in [-0.39, 0.29) is 17.8 Å². The van der Waals surface area contributed by atoms with Crippen molar-refractivity contribution in [2.45, 2.75) is 32.1 Å². The van der Waals surface area contributed by atoms with E-state index in [0.717, 1.165) is 18.4 Å².